The zero-order valence-corrected chi connectivity index (χ0v) is 15.0. The van der Waals surface area contributed by atoms with Gasteiger partial charge in [0.1, 0.15) is 10.8 Å². The highest BCUT2D eigenvalue weighted by molar-refractivity contribution is 6.30. The first-order valence-electron chi connectivity index (χ1n) is 8.74. The molecule has 5 nitrogen and oxygen atoms in total. The minimum Gasteiger partial charge on any atom is -0.385 e. The van der Waals surface area contributed by atoms with Crippen LogP contribution in [0.1, 0.15) is 30.5 Å². The molecule has 0 spiro atoms. The lowest BCUT2D eigenvalue weighted by molar-refractivity contribution is -0.125. The summed E-state index contributed by atoms with van der Waals surface area (Å²) in [7, 11) is 0. The third kappa shape index (κ3) is 3.08. The summed E-state index contributed by atoms with van der Waals surface area (Å²) in [4.78, 5) is 17.0. The largest absolute Gasteiger partial charge is 0.385 e. The molecule has 2 heterocycles. The molecule has 6 heteroatoms. The molecule has 0 aliphatic heterocycles. The summed E-state index contributed by atoms with van der Waals surface area (Å²) in [5.74, 6) is -0.277. The number of nitrogens with one attached hydrogen (secondary N) is 1. The Morgan fingerprint density at radius 2 is 2.04 bits per heavy atom. The van der Waals surface area contributed by atoms with Crippen LogP contribution in [0.5, 0.6) is 0 Å². The van der Waals surface area contributed by atoms with Crippen LogP contribution in [0, 0.1) is 5.92 Å². The fourth-order valence-electron chi connectivity index (χ4n) is 3.70. The Kier molecular flexibility index (Phi) is 4.42. The van der Waals surface area contributed by atoms with Gasteiger partial charge in [0.25, 0.3) is 0 Å². The molecule has 0 bridgehead atoms. The fourth-order valence-corrected chi connectivity index (χ4v) is 3.95. The Hall–Kier alpha value is -2.37. The van der Waals surface area contributed by atoms with Crippen LogP contribution in [0.2, 0.25) is 5.15 Å². The van der Waals surface area contributed by atoms with Crippen molar-refractivity contribution in [3.8, 4) is 0 Å². The Balaban J connectivity index is 1.42. The molecule has 1 aliphatic rings. The zero-order chi connectivity index (χ0) is 18.1. The quantitative estimate of drug-likeness (QED) is 0.741. The van der Waals surface area contributed by atoms with Gasteiger partial charge in [0.15, 0.2) is 0 Å². The highest BCUT2D eigenvalue weighted by Gasteiger charge is 2.41. The molecule has 1 aliphatic carbocycles. The van der Waals surface area contributed by atoms with Gasteiger partial charge in [-0.05, 0) is 37.0 Å². The van der Waals surface area contributed by atoms with Gasteiger partial charge in [0.05, 0.1) is 17.8 Å². The number of carbonyl (C=O) groups excluding carboxylic acids is 1. The average Bonchev–Trinajstić information content (AvgIpc) is 3.23. The smallest absolute Gasteiger partial charge is 0.223 e. The second-order valence-corrected chi connectivity index (χ2v) is 7.19. The van der Waals surface area contributed by atoms with E-state index in [-0.39, 0.29) is 18.4 Å². The highest BCUT2D eigenvalue weighted by Crippen LogP contribution is 2.42. The Labute approximate surface area is 156 Å². The number of benzene rings is 1. The predicted molar refractivity (Wildman–Crippen MR) is 99.7 cm³/mol. The van der Waals surface area contributed by atoms with Gasteiger partial charge in [-0.15, -0.1) is 0 Å². The molecule has 1 amide bonds. The molecule has 134 valence electrons. The molecule has 2 aromatic heterocycles. The fraction of sp³-hybridized carbons (Fsp3) is 0.300. The van der Waals surface area contributed by atoms with E-state index in [1.165, 1.54) is 0 Å². The summed E-state index contributed by atoms with van der Waals surface area (Å²) in [6.45, 7) is 0.277. The van der Waals surface area contributed by atoms with Crippen LogP contribution in [-0.2, 0) is 16.9 Å². The van der Waals surface area contributed by atoms with Gasteiger partial charge >= 0.3 is 0 Å². The Morgan fingerprint density at radius 3 is 2.81 bits per heavy atom. The molecule has 0 radical (unpaired) electrons. The summed E-state index contributed by atoms with van der Waals surface area (Å²) >= 11 is 6.33. The van der Waals surface area contributed by atoms with Crippen LogP contribution in [0.25, 0.3) is 5.65 Å². The molecule has 2 N–H and O–H groups in total. The maximum absolute atomic E-state index is 12.6. The molecule has 1 aromatic carbocycles. The van der Waals surface area contributed by atoms with Gasteiger partial charge in [0.2, 0.25) is 5.91 Å². The van der Waals surface area contributed by atoms with Crippen LogP contribution in [0.4, 0.5) is 0 Å². The van der Waals surface area contributed by atoms with Crippen molar-refractivity contribution in [2.45, 2.75) is 31.4 Å². The lowest BCUT2D eigenvalue weighted by atomic mass is 9.91. The van der Waals surface area contributed by atoms with Crippen molar-refractivity contribution in [2.75, 3.05) is 0 Å². The number of hydrogen-bond donors (Lipinski definition) is 2. The number of imidazole rings is 1. The summed E-state index contributed by atoms with van der Waals surface area (Å²) in [6, 6.07) is 15.2. The van der Waals surface area contributed by atoms with Gasteiger partial charge in [0, 0.05) is 12.1 Å². The predicted octanol–water partition coefficient (Wildman–Crippen LogP) is 3.29. The van der Waals surface area contributed by atoms with E-state index >= 15 is 0 Å². The van der Waals surface area contributed by atoms with E-state index in [9.17, 15) is 9.90 Å². The molecule has 2 unspecified atom stereocenters. The van der Waals surface area contributed by atoms with Crippen LogP contribution >= 0.6 is 11.6 Å². The minimum absolute atomic E-state index is 0.0648. The normalized spacial score (nSPS) is 22.6. The topological polar surface area (TPSA) is 66.6 Å². The standard InChI is InChI=1S/C20H20ClN3O2/c21-18-16(23-17-8-4-5-11-24(17)18)13-22-19(25)14-9-10-20(26,12-14)15-6-2-1-3-7-15/h1-8,11,14,26H,9-10,12-13H2,(H,22,25). The van der Waals surface area contributed by atoms with Gasteiger partial charge in [-0.3, -0.25) is 9.20 Å². The van der Waals surface area contributed by atoms with Crippen LogP contribution in [-0.4, -0.2) is 20.4 Å². The van der Waals surface area contributed by atoms with Crippen LogP contribution < -0.4 is 5.32 Å². The number of aromatic nitrogens is 2. The minimum atomic E-state index is -0.927. The molecule has 3 aromatic rings. The zero-order valence-electron chi connectivity index (χ0n) is 14.2. The molecule has 1 fully saturated rings. The first kappa shape index (κ1) is 17.1. The van der Waals surface area contributed by atoms with Gasteiger partial charge in [-0.1, -0.05) is 48.0 Å². The molecular weight excluding hydrogens is 350 g/mol. The summed E-state index contributed by atoms with van der Waals surface area (Å²) in [5, 5.41) is 14.3. The van der Waals surface area contributed by atoms with Crippen LogP contribution in [0.15, 0.2) is 54.7 Å². The van der Waals surface area contributed by atoms with E-state index in [2.05, 4.69) is 10.3 Å². The molecule has 4 rings (SSSR count). The second-order valence-electron chi connectivity index (χ2n) is 6.83. The van der Waals surface area contributed by atoms with E-state index in [0.29, 0.717) is 30.1 Å². The molecule has 2 atom stereocenters. The van der Waals surface area contributed by atoms with E-state index in [4.69, 9.17) is 11.6 Å². The van der Waals surface area contributed by atoms with E-state index < -0.39 is 5.60 Å². The van der Waals surface area contributed by atoms with Crippen molar-refractivity contribution in [2.24, 2.45) is 5.92 Å². The van der Waals surface area contributed by atoms with Crippen molar-refractivity contribution in [3.05, 3.63) is 71.1 Å². The molecule has 1 saturated carbocycles. The third-order valence-electron chi connectivity index (χ3n) is 5.14. The van der Waals surface area contributed by atoms with Crippen molar-refractivity contribution >= 4 is 23.2 Å². The summed E-state index contributed by atoms with van der Waals surface area (Å²) in [6.07, 6.45) is 3.52. The Morgan fingerprint density at radius 1 is 1.27 bits per heavy atom. The van der Waals surface area contributed by atoms with Gasteiger partial charge < -0.3 is 10.4 Å². The van der Waals surface area contributed by atoms with Crippen molar-refractivity contribution in [1.29, 1.82) is 0 Å². The number of halogens is 1. The summed E-state index contributed by atoms with van der Waals surface area (Å²) in [5.41, 5.74) is 1.34. The SMILES string of the molecule is O=C(NCc1nc2ccccn2c1Cl)C1CCC(O)(c2ccccc2)C1. The van der Waals surface area contributed by atoms with Crippen molar-refractivity contribution in [3.63, 3.8) is 0 Å². The number of fused-ring (bicyclic) bond motifs is 1. The monoisotopic (exact) mass is 369 g/mol. The maximum Gasteiger partial charge on any atom is 0.223 e. The number of carbonyl (C=O) groups is 1. The second kappa shape index (κ2) is 6.74. The first-order valence-corrected chi connectivity index (χ1v) is 9.12. The third-order valence-corrected chi connectivity index (χ3v) is 5.54. The van der Waals surface area contributed by atoms with Crippen molar-refractivity contribution < 1.29 is 9.90 Å². The van der Waals surface area contributed by atoms with Gasteiger partial charge in [-0.2, -0.15) is 0 Å². The lowest BCUT2D eigenvalue weighted by Crippen LogP contribution is -2.31. The number of nitrogens with zero attached hydrogens (tertiary/aromatic N) is 2. The summed E-state index contributed by atoms with van der Waals surface area (Å²) < 4.78 is 1.78. The number of amides is 1. The highest BCUT2D eigenvalue weighted by atomic mass is 35.5. The number of hydrogen-bond acceptors (Lipinski definition) is 3. The van der Waals surface area contributed by atoms with E-state index in [0.717, 1.165) is 11.2 Å². The molecular formula is C20H20ClN3O2. The number of aliphatic hydroxyl groups is 1. The molecule has 26 heavy (non-hydrogen) atoms. The first-order chi connectivity index (χ1) is 12.6. The average molecular weight is 370 g/mol. The van der Waals surface area contributed by atoms with Gasteiger partial charge in [-0.25, -0.2) is 4.98 Å². The van der Waals surface area contributed by atoms with E-state index in [1.54, 1.807) is 4.40 Å². The van der Waals surface area contributed by atoms with Crippen LogP contribution in [0.3, 0.4) is 0 Å². The Bertz CT molecular complexity index is 941. The molecule has 0 saturated heterocycles. The number of rotatable bonds is 4. The maximum atomic E-state index is 12.6. The van der Waals surface area contributed by atoms with E-state index in [1.807, 2.05) is 54.7 Å². The number of pyridine rings is 1. The van der Waals surface area contributed by atoms with Crippen molar-refractivity contribution in [1.82, 2.24) is 14.7 Å². The lowest BCUT2D eigenvalue weighted by Gasteiger charge is -2.23.